The topological polar surface area (TPSA) is 12.0 Å². The highest BCUT2D eigenvalue weighted by Gasteiger charge is 2.21. The van der Waals surface area contributed by atoms with E-state index in [2.05, 4.69) is 5.32 Å². The van der Waals surface area contributed by atoms with E-state index in [0.29, 0.717) is 10.0 Å². The summed E-state index contributed by atoms with van der Waals surface area (Å²) in [5.41, 5.74) is 3.75. The Kier molecular flexibility index (Phi) is 5.26. The minimum Gasteiger partial charge on any atom is -0.306 e. The van der Waals surface area contributed by atoms with Crippen molar-refractivity contribution >= 4 is 23.2 Å². The maximum Gasteiger partial charge on any atom is 0.123 e. The van der Waals surface area contributed by atoms with E-state index in [4.69, 9.17) is 23.2 Å². The van der Waals surface area contributed by atoms with E-state index in [9.17, 15) is 4.39 Å². The second-order valence-corrected chi connectivity index (χ2v) is 5.87. The molecule has 0 saturated heterocycles. The highest BCUT2D eigenvalue weighted by atomic mass is 35.5. The van der Waals surface area contributed by atoms with Crippen molar-refractivity contribution < 1.29 is 4.39 Å². The van der Waals surface area contributed by atoms with Crippen LogP contribution < -0.4 is 5.32 Å². The van der Waals surface area contributed by atoms with Gasteiger partial charge >= 0.3 is 0 Å². The van der Waals surface area contributed by atoms with Crippen molar-refractivity contribution in [1.82, 2.24) is 5.32 Å². The molecule has 0 heterocycles. The zero-order chi connectivity index (χ0) is 15.6. The fourth-order valence-corrected chi connectivity index (χ4v) is 3.11. The van der Waals surface area contributed by atoms with E-state index in [1.54, 1.807) is 18.2 Å². The summed E-state index contributed by atoms with van der Waals surface area (Å²) < 4.78 is 13.5. The SMILES string of the molecule is CCNC(c1cccc(Cl)c1Cl)c1c(C)cc(F)cc1C. The van der Waals surface area contributed by atoms with Gasteiger partial charge in [-0.3, -0.25) is 0 Å². The lowest BCUT2D eigenvalue weighted by Crippen LogP contribution is -2.24. The lowest BCUT2D eigenvalue weighted by Gasteiger charge is -2.24. The average Bonchev–Trinajstić information content (AvgIpc) is 2.40. The van der Waals surface area contributed by atoms with Crippen LogP contribution in [-0.4, -0.2) is 6.54 Å². The number of hydrogen-bond donors (Lipinski definition) is 1. The lowest BCUT2D eigenvalue weighted by atomic mass is 9.91. The third-order valence-electron chi connectivity index (χ3n) is 3.55. The van der Waals surface area contributed by atoms with Crippen molar-refractivity contribution in [3.8, 4) is 0 Å². The predicted octanol–water partition coefficient (Wildman–Crippen LogP) is 5.45. The minimum atomic E-state index is -0.221. The zero-order valence-electron chi connectivity index (χ0n) is 12.3. The first-order valence-corrected chi connectivity index (χ1v) is 7.65. The molecule has 0 spiro atoms. The number of halogens is 3. The van der Waals surface area contributed by atoms with Crippen molar-refractivity contribution in [2.24, 2.45) is 0 Å². The van der Waals surface area contributed by atoms with Crippen LogP contribution in [-0.2, 0) is 0 Å². The molecular formula is C17H18Cl2FN. The van der Waals surface area contributed by atoms with Gasteiger partial charge in [-0.2, -0.15) is 0 Å². The normalized spacial score (nSPS) is 12.5. The molecule has 112 valence electrons. The van der Waals surface area contributed by atoms with Crippen LogP contribution in [0.3, 0.4) is 0 Å². The Morgan fingerprint density at radius 3 is 2.33 bits per heavy atom. The summed E-state index contributed by atoms with van der Waals surface area (Å²) in [6.07, 6.45) is 0. The van der Waals surface area contributed by atoms with Crippen molar-refractivity contribution in [3.05, 3.63) is 68.4 Å². The molecule has 0 aliphatic carbocycles. The van der Waals surface area contributed by atoms with Crippen molar-refractivity contribution in [2.45, 2.75) is 26.8 Å². The van der Waals surface area contributed by atoms with Crippen molar-refractivity contribution in [3.63, 3.8) is 0 Å². The Hall–Kier alpha value is -1.09. The Balaban J connectivity index is 2.62. The molecule has 0 aliphatic heterocycles. The van der Waals surface area contributed by atoms with Gasteiger partial charge in [0.2, 0.25) is 0 Å². The molecule has 0 amide bonds. The molecule has 0 radical (unpaired) electrons. The Bertz CT molecular complexity index is 632. The van der Waals surface area contributed by atoms with Gasteiger partial charge in [0.05, 0.1) is 16.1 Å². The van der Waals surface area contributed by atoms with Gasteiger partial charge in [0.15, 0.2) is 0 Å². The Morgan fingerprint density at radius 1 is 1.14 bits per heavy atom. The number of nitrogens with one attached hydrogen (secondary N) is 1. The lowest BCUT2D eigenvalue weighted by molar-refractivity contribution is 0.606. The van der Waals surface area contributed by atoms with Gasteiger partial charge in [0.1, 0.15) is 5.82 Å². The maximum atomic E-state index is 13.5. The molecule has 4 heteroatoms. The van der Waals surface area contributed by atoms with E-state index in [1.165, 1.54) is 0 Å². The highest BCUT2D eigenvalue weighted by Crippen LogP contribution is 2.35. The third kappa shape index (κ3) is 3.39. The summed E-state index contributed by atoms with van der Waals surface area (Å²) in [6, 6.07) is 8.57. The van der Waals surface area contributed by atoms with Crippen LogP contribution in [0.1, 0.15) is 35.2 Å². The third-order valence-corrected chi connectivity index (χ3v) is 4.38. The molecular weight excluding hydrogens is 308 g/mol. The van der Waals surface area contributed by atoms with Gasteiger partial charge in [-0.25, -0.2) is 4.39 Å². The Labute approximate surface area is 135 Å². The average molecular weight is 326 g/mol. The monoisotopic (exact) mass is 325 g/mol. The van der Waals surface area contributed by atoms with Gasteiger partial charge in [-0.15, -0.1) is 0 Å². The maximum absolute atomic E-state index is 13.5. The molecule has 2 aromatic carbocycles. The molecule has 1 unspecified atom stereocenters. The predicted molar refractivity (Wildman–Crippen MR) is 87.9 cm³/mol. The molecule has 2 rings (SSSR count). The smallest absolute Gasteiger partial charge is 0.123 e. The highest BCUT2D eigenvalue weighted by molar-refractivity contribution is 6.42. The standard InChI is InChI=1S/C17H18Cl2FN/c1-4-21-17(13-6-5-7-14(18)16(13)19)15-10(2)8-12(20)9-11(15)3/h5-9,17,21H,4H2,1-3H3. The first-order chi connectivity index (χ1) is 9.95. The van der Waals surface area contributed by atoms with Crippen molar-refractivity contribution in [1.29, 1.82) is 0 Å². The summed E-state index contributed by atoms with van der Waals surface area (Å²) >= 11 is 12.5. The summed E-state index contributed by atoms with van der Waals surface area (Å²) in [7, 11) is 0. The Morgan fingerprint density at radius 2 is 1.76 bits per heavy atom. The number of rotatable bonds is 4. The van der Waals surface area contributed by atoms with Crippen LogP contribution in [0.5, 0.6) is 0 Å². The second-order valence-electron chi connectivity index (χ2n) is 5.09. The summed E-state index contributed by atoms with van der Waals surface area (Å²) in [5.74, 6) is -0.221. The molecule has 1 atom stereocenters. The number of aryl methyl sites for hydroxylation is 2. The summed E-state index contributed by atoms with van der Waals surface area (Å²) in [5, 5.41) is 4.48. The van der Waals surface area contributed by atoms with Crippen LogP contribution >= 0.6 is 23.2 Å². The number of benzene rings is 2. The van der Waals surface area contributed by atoms with E-state index in [-0.39, 0.29) is 11.9 Å². The van der Waals surface area contributed by atoms with Crippen LogP contribution in [0.15, 0.2) is 30.3 Å². The first kappa shape index (κ1) is 16.3. The molecule has 0 aromatic heterocycles. The van der Waals surface area contributed by atoms with Crippen LogP contribution in [0, 0.1) is 19.7 Å². The summed E-state index contributed by atoms with van der Waals surface area (Å²) in [4.78, 5) is 0. The molecule has 21 heavy (non-hydrogen) atoms. The zero-order valence-corrected chi connectivity index (χ0v) is 13.8. The van der Waals surface area contributed by atoms with Gasteiger partial charge in [0, 0.05) is 0 Å². The quantitative estimate of drug-likeness (QED) is 0.788. The molecule has 0 fully saturated rings. The van der Waals surface area contributed by atoms with Crippen LogP contribution in [0.4, 0.5) is 4.39 Å². The molecule has 2 aromatic rings. The van der Waals surface area contributed by atoms with Gasteiger partial charge in [-0.05, 0) is 60.8 Å². The number of hydrogen-bond acceptors (Lipinski definition) is 1. The van der Waals surface area contributed by atoms with E-state index >= 15 is 0 Å². The molecule has 1 N–H and O–H groups in total. The second kappa shape index (κ2) is 6.78. The van der Waals surface area contributed by atoms with E-state index in [1.807, 2.05) is 32.9 Å². The fourth-order valence-electron chi connectivity index (χ4n) is 2.69. The molecule has 0 saturated carbocycles. The van der Waals surface area contributed by atoms with Gasteiger partial charge in [0.25, 0.3) is 0 Å². The van der Waals surface area contributed by atoms with Crippen molar-refractivity contribution in [2.75, 3.05) is 6.54 Å². The van der Waals surface area contributed by atoms with E-state index < -0.39 is 0 Å². The first-order valence-electron chi connectivity index (χ1n) is 6.89. The minimum absolute atomic E-state index is 0.109. The van der Waals surface area contributed by atoms with E-state index in [0.717, 1.165) is 28.8 Å². The fraction of sp³-hybridized carbons (Fsp3) is 0.294. The molecule has 0 bridgehead atoms. The van der Waals surface area contributed by atoms with Gasteiger partial charge < -0.3 is 5.32 Å². The van der Waals surface area contributed by atoms with Gasteiger partial charge in [-0.1, -0.05) is 42.3 Å². The molecule has 1 nitrogen and oxygen atoms in total. The van der Waals surface area contributed by atoms with Crippen LogP contribution in [0.25, 0.3) is 0 Å². The summed E-state index contributed by atoms with van der Waals surface area (Å²) in [6.45, 7) is 6.62. The molecule has 0 aliphatic rings. The largest absolute Gasteiger partial charge is 0.306 e. The van der Waals surface area contributed by atoms with Crippen LogP contribution in [0.2, 0.25) is 10.0 Å².